The molecule has 2 heterocycles. The highest BCUT2D eigenvalue weighted by Gasteiger charge is 2.11. The van der Waals surface area contributed by atoms with Crippen LogP contribution in [0.5, 0.6) is 0 Å². The van der Waals surface area contributed by atoms with Gasteiger partial charge in [-0.15, -0.1) is 22.7 Å². The lowest BCUT2D eigenvalue weighted by molar-refractivity contribution is 0.678. The lowest BCUT2D eigenvalue weighted by Crippen LogP contribution is -1.96. The average molecular weight is 393 g/mol. The molecular weight excluding hydrogens is 368 g/mol. The first kappa shape index (κ1) is 18.3. The number of benzene rings is 2. The minimum Gasteiger partial charge on any atom is -0.245 e. The third-order valence-corrected chi connectivity index (χ3v) is 6.97. The Hall–Kier alpha value is -2.04. The molecule has 138 valence electrons. The number of hydrogen-bond donors (Lipinski definition) is 0. The van der Waals surface area contributed by atoms with Crippen molar-refractivity contribution in [1.29, 1.82) is 0 Å². The van der Waals surface area contributed by atoms with Crippen LogP contribution < -0.4 is 0 Å². The molecule has 0 N–H and O–H groups in total. The van der Waals surface area contributed by atoms with Crippen molar-refractivity contribution < 1.29 is 0 Å². The van der Waals surface area contributed by atoms with Crippen LogP contribution in [0.2, 0.25) is 0 Å². The van der Waals surface area contributed by atoms with Gasteiger partial charge in [-0.25, -0.2) is 9.97 Å². The summed E-state index contributed by atoms with van der Waals surface area (Å²) in [6.07, 6.45) is 4.01. The van der Waals surface area contributed by atoms with Crippen LogP contribution in [-0.2, 0) is 6.42 Å². The minimum absolute atomic E-state index is 0.522. The van der Waals surface area contributed by atoms with Crippen LogP contribution in [0, 0.1) is 0 Å². The highest BCUT2D eigenvalue weighted by molar-refractivity contribution is 7.18. The monoisotopic (exact) mass is 392 g/mol. The Labute approximate surface area is 169 Å². The molecule has 0 amide bonds. The van der Waals surface area contributed by atoms with Crippen LogP contribution in [0.15, 0.2) is 54.0 Å². The van der Waals surface area contributed by atoms with Gasteiger partial charge < -0.3 is 0 Å². The van der Waals surface area contributed by atoms with Crippen molar-refractivity contribution in [3.63, 3.8) is 0 Å². The maximum absolute atomic E-state index is 4.84. The molecule has 2 aromatic carbocycles. The summed E-state index contributed by atoms with van der Waals surface area (Å²) in [5, 5.41) is 4.36. The van der Waals surface area contributed by atoms with Crippen molar-refractivity contribution in [2.75, 3.05) is 0 Å². The fourth-order valence-corrected chi connectivity index (χ4v) is 4.96. The Kier molecular flexibility index (Phi) is 5.37. The number of fused-ring (bicyclic) bond motifs is 1. The van der Waals surface area contributed by atoms with Gasteiger partial charge in [0.25, 0.3) is 0 Å². The molecule has 0 bridgehead atoms. The molecule has 2 nitrogen and oxygen atoms in total. The molecule has 1 unspecified atom stereocenters. The highest BCUT2D eigenvalue weighted by Crippen LogP contribution is 2.30. The van der Waals surface area contributed by atoms with E-state index in [0.29, 0.717) is 11.8 Å². The van der Waals surface area contributed by atoms with Crippen LogP contribution in [0.3, 0.4) is 0 Å². The molecule has 0 saturated heterocycles. The second-order valence-electron chi connectivity index (χ2n) is 7.39. The Morgan fingerprint density at radius 1 is 0.963 bits per heavy atom. The first-order valence-corrected chi connectivity index (χ1v) is 11.2. The molecule has 4 rings (SSSR count). The van der Waals surface area contributed by atoms with Gasteiger partial charge in [-0.2, -0.15) is 0 Å². The molecule has 4 heteroatoms. The molecule has 0 fully saturated rings. The van der Waals surface area contributed by atoms with Gasteiger partial charge >= 0.3 is 0 Å². The zero-order chi connectivity index (χ0) is 18.8. The lowest BCUT2D eigenvalue weighted by Gasteiger charge is -2.11. The largest absolute Gasteiger partial charge is 0.245 e. The van der Waals surface area contributed by atoms with Gasteiger partial charge in [0.1, 0.15) is 5.01 Å². The van der Waals surface area contributed by atoms with Gasteiger partial charge in [0.05, 0.1) is 15.2 Å². The number of aromatic nitrogens is 2. The highest BCUT2D eigenvalue weighted by atomic mass is 32.1. The smallest absolute Gasteiger partial charge is 0.123 e. The summed E-state index contributed by atoms with van der Waals surface area (Å²) in [4.78, 5) is 9.22. The molecule has 0 spiro atoms. The van der Waals surface area contributed by atoms with E-state index >= 15 is 0 Å². The van der Waals surface area contributed by atoms with Crippen molar-refractivity contribution in [2.45, 2.75) is 45.4 Å². The molecule has 0 aliphatic carbocycles. The van der Waals surface area contributed by atoms with Gasteiger partial charge in [0, 0.05) is 17.1 Å². The molecule has 27 heavy (non-hydrogen) atoms. The maximum Gasteiger partial charge on any atom is 0.123 e. The van der Waals surface area contributed by atoms with Crippen LogP contribution in [-0.4, -0.2) is 9.97 Å². The van der Waals surface area contributed by atoms with Gasteiger partial charge in [0.15, 0.2) is 0 Å². The molecule has 0 radical (unpaired) electrons. The Morgan fingerprint density at radius 2 is 1.74 bits per heavy atom. The topological polar surface area (TPSA) is 25.8 Å². The van der Waals surface area contributed by atoms with Crippen LogP contribution in [0.4, 0.5) is 0 Å². The third-order valence-electron chi connectivity index (χ3n) is 5.07. The van der Waals surface area contributed by atoms with Crippen LogP contribution in [0.25, 0.3) is 20.8 Å². The Balaban J connectivity index is 1.42. The van der Waals surface area contributed by atoms with Gasteiger partial charge in [-0.3, -0.25) is 0 Å². The van der Waals surface area contributed by atoms with E-state index in [9.17, 15) is 0 Å². The summed E-state index contributed by atoms with van der Waals surface area (Å²) in [5.74, 6) is 1.08. The minimum atomic E-state index is 0.522. The normalized spacial score (nSPS) is 12.7. The second-order valence-corrected chi connectivity index (χ2v) is 9.40. The van der Waals surface area contributed by atoms with E-state index in [1.165, 1.54) is 26.4 Å². The quantitative estimate of drug-likeness (QED) is 0.344. The zero-order valence-corrected chi connectivity index (χ0v) is 17.6. The molecule has 2 aromatic heterocycles. The summed E-state index contributed by atoms with van der Waals surface area (Å²) in [7, 11) is 0. The number of thiazole rings is 2. The molecule has 0 aliphatic rings. The van der Waals surface area contributed by atoms with Crippen molar-refractivity contribution >= 4 is 32.9 Å². The van der Waals surface area contributed by atoms with Gasteiger partial charge in [0.2, 0.25) is 0 Å². The Bertz CT molecular complexity index is 1010. The van der Waals surface area contributed by atoms with E-state index in [0.717, 1.165) is 23.4 Å². The van der Waals surface area contributed by atoms with E-state index in [1.807, 2.05) is 22.9 Å². The number of rotatable bonds is 6. The van der Waals surface area contributed by atoms with Gasteiger partial charge in [-0.1, -0.05) is 51.1 Å². The van der Waals surface area contributed by atoms with Crippen molar-refractivity contribution in [1.82, 2.24) is 9.97 Å². The zero-order valence-electron chi connectivity index (χ0n) is 16.0. The van der Waals surface area contributed by atoms with Crippen LogP contribution >= 0.6 is 22.7 Å². The van der Waals surface area contributed by atoms with Crippen molar-refractivity contribution in [3.05, 3.63) is 70.2 Å². The maximum atomic E-state index is 4.84. The fraction of sp³-hybridized carbons (Fsp3) is 0.304. The Morgan fingerprint density at radius 3 is 2.44 bits per heavy atom. The number of aryl methyl sites for hydroxylation is 1. The summed E-state index contributed by atoms with van der Waals surface area (Å²) < 4.78 is 1.32. The number of hydrogen-bond acceptors (Lipinski definition) is 4. The van der Waals surface area contributed by atoms with E-state index in [-0.39, 0.29) is 0 Å². The summed E-state index contributed by atoms with van der Waals surface area (Å²) in [6, 6.07) is 15.6. The molecule has 4 aromatic rings. The first-order valence-electron chi connectivity index (χ1n) is 9.49. The summed E-state index contributed by atoms with van der Waals surface area (Å²) >= 11 is 3.53. The first-order chi connectivity index (χ1) is 13.1. The molecule has 0 aliphatic heterocycles. The predicted molar refractivity (Wildman–Crippen MR) is 118 cm³/mol. The predicted octanol–water partition coefficient (Wildman–Crippen LogP) is 7.28. The van der Waals surface area contributed by atoms with Gasteiger partial charge in [-0.05, 0) is 47.9 Å². The SMILES string of the molecule is CC(C)c1ccc2nc(CCC(C)c3ccc(-c4nccs4)cc3)sc2c1. The standard InChI is InChI=1S/C23H24N2S2/c1-15(2)19-9-10-20-21(14-19)27-22(25-20)11-4-16(3)17-5-7-18(8-6-17)23-24-12-13-26-23/h5-10,12-16H,4,11H2,1-3H3. The fourth-order valence-electron chi connectivity index (χ4n) is 3.28. The van der Waals surface area contributed by atoms with E-state index in [2.05, 4.69) is 68.2 Å². The van der Waals surface area contributed by atoms with E-state index in [1.54, 1.807) is 11.3 Å². The summed E-state index contributed by atoms with van der Waals surface area (Å²) in [5.41, 5.74) is 5.12. The lowest BCUT2D eigenvalue weighted by atomic mass is 9.95. The summed E-state index contributed by atoms with van der Waals surface area (Å²) in [6.45, 7) is 6.79. The second kappa shape index (κ2) is 7.91. The van der Waals surface area contributed by atoms with Crippen molar-refractivity contribution in [2.24, 2.45) is 0 Å². The third kappa shape index (κ3) is 4.12. The number of nitrogens with zero attached hydrogens (tertiary/aromatic N) is 2. The average Bonchev–Trinajstić information content (AvgIpc) is 3.35. The molecule has 0 saturated carbocycles. The molecular formula is C23H24N2S2. The molecule has 1 atom stereocenters. The van der Waals surface area contributed by atoms with Crippen molar-refractivity contribution in [3.8, 4) is 10.6 Å². The van der Waals surface area contributed by atoms with E-state index in [4.69, 9.17) is 4.98 Å². The van der Waals surface area contributed by atoms with E-state index < -0.39 is 0 Å². The van der Waals surface area contributed by atoms with Crippen LogP contribution in [0.1, 0.15) is 55.2 Å².